The van der Waals surface area contributed by atoms with E-state index in [1.807, 2.05) is 19.2 Å². The van der Waals surface area contributed by atoms with Gasteiger partial charge in [0, 0.05) is 32.1 Å². The highest BCUT2D eigenvalue weighted by Gasteiger charge is 2.07. The molecule has 5 heteroatoms. The predicted octanol–water partition coefficient (Wildman–Crippen LogP) is 1.14. The molecule has 0 radical (unpaired) electrons. The average molecular weight is 256 g/mol. The fourth-order valence-corrected chi connectivity index (χ4v) is 2.13. The summed E-state index contributed by atoms with van der Waals surface area (Å²) in [6.45, 7) is 4.84. The van der Waals surface area contributed by atoms with Crippen LogP contribution in [0.2, 0.25) is 0 Å². The van der Waals surface area contributed by atoms with Gasteiger partial charge in [0.25, 0.3) is 0 Å². The lowest BCUT2D eigenvalue weighted by Crippen LogP contribution is -2.28. The second kappa shape index (κ2) is 6.02. The van der Waals surface area contributed by atoms with E-state index in [1.54, 1.807) is 12.1 Å². The van der Waals surface area contributed by atoms with Crippen molar-refractivity contribution in [2.75, 3.05) is 37.8 Å². The quantitative estimate of drug-likeness (QED) is 0.775. The molecule has 0 heterocycles. The van der Waals surface area contributed by atoms with Gasteiger partial charge in [0.2, 0.25) is 0 Å². The molecule has 1 aromatic carbocycles. The van der Waals surface area contributed by atoms with Gasteiger partial charge in [0.05, 0.1) is 4.90 Å². The summed E-state index contributed by atoms with van der Waals surface area (Å²) in [5.41, 5.74) is 1.02. The standard InChI is InChI=1S/C12H20N2O2S/c1-4-13-9-10-14(2)11-5-7-12(8-6-11)17(3,15)16/h5-8,13H,4,9-10H2,1-3H3. The third kappa shape index (κ3) is 4.36. The molecule has 0 saturated heterocycles. The van der Waals surface area contributed by atoms with E-state index in [4.69, 9.17) is 0 Å². The van der Waals surface area contributed by atoms with Gasteiger partial charge in [-0.2, -0.15) is 0 Å². The molecule has 0 aliphatic carbocycles. The van der Waals surface area contributed by atoms with E-state index in [-0.39, 0.29) is 0 Å². The minimum Gasteiger partial charge on any atom is -0.373 e. The van der Waals surface area contributed by atoms with Crippen LogP contribution in [0.4, 0.5) is 5.69 Å². The summed E-state index contributed by atoms with van der Waals surface area (Å²) in [7, 11) is -1.10. The molecule has 0 unspecified atom stereocenters. The topological polar surface area (TPSA) is 49.4 Å². The largest absolute Gasteiger partial charge is 0.373 e. The molecule has 1 aromatic rings. The van der Waals surface area contributed by atoms with Gasteiger partial charge < -0.3 is 10.2 Å². The van der Waals surface area contributed by atoms with Gasteiger partial charge in [-0.1, -0.05) is 6.92 Å². The maximum atomic E-state index is 11.3. The maximum Gasteiger partial charge on any atom is 0.175 e. The van der Waals surface area contributed by atoms with E-state index in [1.165, 1.54) is 6.26 Å². The Labute approximate surface area is 104 Å². The molecule has 4 nitrogen and oxygen atoms in total. The molecule has 0 amide bonds. The first-order valence-corrected chi connectivity index (χ1v) is 7.56. The third-order valence-electron chi connectivity index (χ3n) is 2.58. The molecule has 0 aliphatic rings. The highest BCUT2D eigenvalue weighted by atomic mass is 32.2. The first-order valence-electron chi connectivity index (χ1n) is 5.67. The van der Waals surface area contributed by atoms with Gasteiger partial charge >= 0.3 is 0 Å². The Balaban J connectivity index is 2.67. The van der Waals surface area contributed by atoms with Crippen molar-refractivity contribution in [3.8, 4) is 0 Å². The number of likely N-dealkylation sites (N-methyl/N-ethyl adjacent to an activating group) is 2. The van der Waals surface area contributed by atoms with Crippen LogP contribution in [0.15, 0.2) is 29.2 Å². The highest BCUT2D eigenvalue weighted by Crippen LogP contribution is 2.16. The first kappa shape index (κ1) is 14.0. The second-order valence-corrected chi connectivity index (χ2v) is 6.06. The summed E-state index contributed by atoms with van der Waals surface area (Å²) in [5, 5.41) is 3.25. The number of nitrogens with zero attached hydrogens (tertiary/aromatic N) is 1. The van der Waals surface area contributed by atoms with Crippen molar-refractivity contribution in [3.05, 3.63) is 24.3 Å². The van der Waals surface area contributed by atoms with Gasteiger partial charge in [0.1, 0.15) is 0 Å². The predicted molar refractivity (Wildman–Crippen MR) is 71.4 cm³/mol. The minimum absolute atomic E-state index is 0.362. The molecule has 17 heavy (non-hydrogen) atoms. The van der Waals surface area contributed by atoms with Crippen LogP contribution in [0.5, 0.6) is 0 Å². The summed E-state index contributed by atoms with van der Waals surface area (Å²) < 4.78 is 22.6. The van der Waals surface area contributed by atoms with E-state index in [9.17, 15) is 8.42 Å². The number of benzene rings is 1. The number of hydrogen-bond acceptors (Lipinski definition) is 4. The van der Waals surface area contributed by atoms with Crippen LogP contribution in [0.3, 0.4) is 0 Å². The monoisotopic (exact) mass is 256 g/mol. The molecule has 0 fully saturated rings. The van der Waals surface area contributed by atoms with Crippen LogP contribution >= 0.6 is 0 Å². The van der Waals surface area contributed by atoms with Crippen molar-refractivity contribution >= 4 is 15.5 Å². The zero-order valence-corrected chi connectivity index (χ0v) is 11.4. The fraction of sp³-hybridized carbons (Fsp3) is 0.500. The molecule has 0 aliphatic heterocycles. The third-order valence-corrected chi connectivity index (χ3v) is 3.71. The Bertz CT molecular complexity index is 440. The number of anilines is 1. The summed E-state index contributed by atoms with van der Waals surface area (Å²) in [4.78, 5) is 2.45. The Kier molecular flexibility index (Phi) is 4.96. The molecule has 1 rings (SSSR count). The molecular weight excluding hydrogens is 236 g/mol. The summed E-state index contributed by atoms with van der Waals surface area (Å²) in [6.07, 6.45) is 1.22. The minimum atomic E-state index is -3.10. The van der Waals surface area contributed by atoms with E-state index in [0.29, 0.717) is 4.90 Å². The molecule has 0 bridgehead atoms. The van der Waals surface area contributed by atoms with Gasteiger partial charge in [-0.05, 0) is 30.8 Å². The lowest BCUT2D eigenvalue weighted by Gasteiger charge is -2.19. The molecule has 0 spiro atoms. The Hall–Kier alpha value is -1.07. The Morgan fingerprint density at radius 3 is 2.29 bits per heavy atom. The Morgan fingerprint density at radius 1 is 1.24 bits per heavy atom. The lowest BCUT2D eigenvalue weighted by molar-refractivity contribution is 0.602. The van der Waals surface area contributed by atoms with Crippen LogP contribution in [-0.4, -0.2) is 41.4 Å². The van der Waals surface area contributed by atoms with Crippen molar-refractivity contribution in [2.45, 2.75) is 11.8 Å². The highest BCUT2D eigenvalue weighted by molar-refractivity contribution is 7.90. The summed E-state index contributed by atoms with van der Waals surface area (Å²) in [5.74, 6) is 0. The van der Waals surface area contributed by atoms with Crippen molar-refractivity contribution in [1.82, 2.24) is 5.32 Å². The van der Waals surface area contributed by atoms with Crippen LogP contribution in [-0.2, 0) is 9.84 Å². The van der Waals surface area contributed by atoms with Crippen LogP contribution in [0.1, 0.15) is 6.92 Å². The number of sulfone groups is 1. The average Bonchev–Trinajstić information content (AvgIpc) is 2.28. The maximum absolute atomic E-state index is 11.3. The van der Waals surface area contributed by atoms with Gasteiger partial charge in [-0.3, -0.25) is 0 Å². The van der Waals surface area contributed by atoms with Crippen LogP contribution in [0.25, 0.3) is 0 Å². The van der Waals surface area contributed by atoms with Crippen molar-refractivity contribution in [3.63, 3.8) is 0 Å². The molecular formula is C12H20N2O2S. The zero-order valence-electron chi connectivity index (χ0n) is 10.6. The molecule has 0 saturated carbocycles. The molecule has 0 aromatic heterocycles. The fourth-order valence-electron chi connectivity index (χ4n) is 1.50. The smallest absolute Gasteiger partial charge is 0.175 e. The summed E-state index contributed by atoms with van der Waals surface area (Å²) in [6, 6.07) is 6.97. The van der Waals surface area contributed by atoms with Crippen molar-refractivity contribution < 1.29 is 8.42 Å². The summed E-state index contributed by atoms with van der Waals surface area (Å²) >= 11 is 0. The van der Waals surface area contributed by atoms with Crippen LogP contribution < -0.4 is 10.2 Å². The van der Waals surface area contributed by atoms with Crippen LogP contribution in [0, 0.1) is 0 Å². The van der Waals surface area contributed by atoms with Gasteiger partial charge in [0.15, 0.2) is 9.84 Å². The van der Waals surface area contributed by atoms with Gasteiger partial charge in [-0.15, -0.1) is 0 Å². The van der Waals surface area contributed by atoms with Gasteiger partial charge in [-0.25, -0.2) is 8.42 Å². The van der Waals surface area contributed by atoms with E-state index in [0.717, 1.165) is 25.3 Å². The van der Waals surface area contributed by atoms with Crippen molar-refractivity contribution in [1.29, 1.82) is 0 Å². The zero-order chi connectivity index (χ0) is 12.9. The van der Waals surface area contributed by atoms with E-state index in [2.05, 4.69) is 17.1 Å². The molecule has 96 valence electrons. The second-order valence-electron chi connectivity index (χ2n) is 4.04. The number of rotatable bonds is 6. The molecule has 1 N–H and O–H groups in total. The normalized spacial score (nSPS) is 11.5. The lowest BCUT2D eigenvalue weighted by atomic mass is 10.3. The number of hydrogen-bond donors (Lipinski definition) is 1. The SMILES string of the molecule is CCNCCN(C)c1ccc(S(C)(=O)=O)cc1. The van der Waals surface area contributed by atoms with E-state index >= 15 is 0 Å². The number of nitrogens with one attached hydrogen (secondary N) is 1. The van der Waals surface area contributed by atoms with E-state index < -0.39 is 9.84 Å². The molecule has 0 atom stereocenters. The van der Waals surface area contributed by atoms with Crippen molar-refractivity contribution in [2.24, 2.45) is 0 Å². The Morgan fingerprint density at radius 2 is 1.82 bits per heavy atom. The first-order chi connectivity index (χ1) is 7.95.